The molecule has 0 fully saturated rings. The summed E-state index contributed by atoms with van der Waals surface area (Å²) in [5.41, 5.74) is 3.01. The molecule has 1 heterocycles. The summed E-state index contributed by atoms with van der Waals surface area (Å²) in [5, 5.41) is 5.34. The molecule has 0 N–H and O–H groups in total. The van der Waals surface area contributed by atoms with Crippen LogP contribution < -0.4 is 0 Å². The average Bonchev–Trinajstić information content (AvgIpc) is 2.53. The smallest absolute Gasteiger partial charge is 0.0850 e. The minimum atomic E-state index is 0.533. The van der Waals surface area contributed by atoms with Crippen molar-refractivity contribution < 1.29 is 0 Å². The first kappa shape index (κ1) is 10.5. The number of benzene rings is 1. The Bertz CT molecular complexity index is 503. The molecule has 78 valence electrons. The molecule has 4 heteroatoms. The SMILES string of the molecule is Cc1cnn(-c2cccc(Cl)c2Cl)c1C. The maximum Gasteiger partial charge on any atom is 0.0850 e. The van der Waals surface area contributed by atoms with Crippen molar-refractivity contribution in [1.82, 2.24) is 9.78 Å². The van der Waals surface area contributed by atoms with Crippen LogP contribution in [0.3, 0.4) is 0 Å². The van der Waals surface area contributed by atoms with Gasteiger partial charge in [-0.3, -0.25) is 0 Å². The molecule has 0 atom stereocenters. The first-order valence-corrected chi connectivity index (χ1v) is 5.32. The molecule has 0 aliphatic rings. The number of halogens is 2. The van der Waals surface area contributed by atoms with E-state index in [1.807, 2.05) is 32.2 Å². The van der Waals surface area contributed by atoms with Crippen LogP contribution in [0, 0.1) is 13.8 Å². The number of nitrogens with zero attached hydrogens (tertiary/aromatic N) is 2. The van der Waals surface area contributed by atoms with Crippen LogP contribution in [0.4, 0.5) is 0 Å². The number of hydrogen-bond donors (Lipinski definition) is 0. The summed E-state index contributed by atoms with van der Waals surface area (Å²) in [6.45, 7) is 4.01. The summed E-state index contributed by atoms with van der Waals surface area (Å²) in [7, 11) is 0. The van der Waals surface area contributed by atoms with E-state index in [4.69, 9.17) is 23.2 Å². The fourth-order valence-corrected chi connectivity index (χ4v) is 1.77. The molecule has 0 saturated heterocycles. The van der Waals surface area contributed by atoms with Gasteiger partial charge in [-0.2, -0.15) is 5.10 Å². The molecule has 0 aliphatic heterocycles. The standard InChI is InChI=1S/C11H10Cl2N2/c1-7-6-14-15(8(7)2)10-5-3-4-9(12)11(10)13/h3-6H,1-2H3. The zero-order valence-electron chi connectivity index (χ0n) is 8.46. The van der Waals surface area contributed by atoms with Crippen molar-refractivity contribution in [3.8, 4) is 5.69 Å². The predicted molar refractivity (Wildman–Crippen MR) is 63.1 cm³/mol. The lowest BCUT2D eigenvalue weighted by molar-refractivity contribution is 0.846. The van der Waals surface area contributed by atoms with Crippen molar-refractivity contribution in [3.63, 3.8) is 0 Å². The Morgan fingerprint density at radius 1 is 1.20 bits per heavy atom. The summed E-state index contributed by atoms with van der Waals surface area (Å²) in [6.07, 6.45) is 1.81. The molecule has 0 amide bonds. The third kappa shape index (κ3) is 1.75. The van der Waals surface area contributed by atoms with Crippen molar-refractivity contribution in [1.29, 1.82) is 0 Å². The highest BCUT2D eigenvalue weighted by Crippen LogP contribution is 2.29. The Labute approximate surface area is 98.4 Å². The normalized spacial score (nSPS) is 10.7. The second-order valence-electron chi connectivity index (χ2n) is 3.40. The fraction of sp³-hybridized carbons (Fsp3) is 0.182. The molecule has 0 unspecified atom stereocenters. The van der Waals surface area contributed by atoms with Gasteiger partial charge in [0.1, 0.15) is 0 Å². The van der Waals surface area contributed by atoms with E-state index in [2.05, 4.69) is 5.10 Å². The van der Waals surface area contributed by atoms with Crippen LogP contribution >= 0.6 is 23.2 Å². The Morgan fingerprint density at radius 2 is 1.93 bits per heavy atom. The van der Waals surface area contributed by atoms with Crippen LogP contribution in [0.1, 0.15) is 11.3 Å². The average molecular weight is 241 g/mol. The van der Waals surface area contributed by atoms with Crippen molar-refractivity contribution >= 4 is 23.2 Å². The monoisotopic (exact) mass is 240 g/mol. The maximum absolute atomic E-state index is 6.12. The van der Waals surface area contributed by atoms with Gasteiger partial charge < -0.3 is 0 Å². The van der Waals surface area contributed by atoms with E-state index in [0.29, 0.717) is 10.0 Å². The predicted octanol–water partition coefficient (Wildman–Crippen LogP) is 3.80. The van der Waals surface area contributed by atoms with E-state index >= 15 is 0 Å². The van der Waals surface area contributed by atoms with Gasteiger partial charge >= 0.3 is 0 Å². The lowest BCUT2D eigenvalue weighted by Gasteiger charge is -2.07. The summed E-state index contributed by atoms with van der Waals surface area (Å²) in [6, 6.07) is 5.52. The van der Waals surface area contributed by atoms with Crippen molar-refractivity contribution in [2.24, 2.45) is 0 Å². The Balaban J connectivity index is 2.64. The molecular weight excluding hydrogens is 231 g/mol. The molecule has 2 rings (SSSR count). The van der Waals surface area contributed by atoms with E-state index in [-0.39, 0.29) is 0 Å². The molecule has 1 aromatic heterocycles. The van der Waals surface area contributed by atoms with E-state index in [1.54, 1.807) is 10.7 Å². The minimum Gasteiger partial charge on any atom is -0.236 e. The van der Waals surface area contributed by atoms with Gasteiger partial charge in [0.15, 0.2) is 0 Å². The highest BCUT2D eigenvalue weighted by atomic mass is 35.5. The Kier molecular flexibility index (Phi) is 2.72. The van der Waals surface area contributed by atoms with Gasteiger partial charge in [0.25, 0.3) is 0 Å². The van der Waals surface area contributed by atoms with Gasteiger partial charge in [-0.15, -0.1) is 0 Å². The lowest BCUT2D eigenvalue weighted by atomic mass is 10.3. The van der Waals surface area contributed by atoms with Gasteiger partial charge in [0, 0.05) is 5.69 Å². The zero-order valence-corrected chi connectivity index (χ0v) is 9.97. The zero-order chi connectivity index (χ0) is 11.0. The molecule has 0 bridgehead atoms. The van der Waals surface area contributed by atoms with Gasteiger partial charge in [0.2, 0.25) is 0 Å². The maximum atomic E-state index is 6.12. The number of aryl methyl sites for hydroxylation is 1. The third-order valence-corrected chi connectivity index (χ3v) is 3.22. The fourth-order valence-electron chi connectivity index (χ4n) is 1.39. The second kappa shape index (κ2) is 3.87. The second-order valence-corrected chi connectivity index (χ2v) is 4.18. The lowest BCUT2D eigenvalue weighted by Crippen LogP contribution is -1.99. The summed E-state index contributed by atoms with van der Waals surface area (Å²) < 4.78 is 1.80. The molecule has 0 aliphatic carbocycles. The third-order valence-electron chi connectivity index (χ3n) is 2.41. The highest BCUT2D eigenvalue weighted by Gasteiger charge is 2.10. The Morgan fingerprint density at radius 3 is 2.53 bits per heavy atom. The molecule has 15 heavy (non-hydrogen) atoms. The van der Waals surface area contributed by atoms with Crippen molar-refractivity contribution in [2.45, 2.75) is 13.8 Å². The van der Waals surface area contributed by atoms with Crippen LogP contribution in [0.5, 0.6) is 0 Å². The van der Waals surface area contributed by atoms with Crippen LogP contribution in [0.15, 0.2) is 24.4 Å². The summed E-state index contributed by atoms with van der Waals surface area (Å²) in [5.74, 6) is 0. The number of rotatable bonds is 1. The van der Waals surface area contributed by atoms with Crippen LogP contribution in [-0.2, 0) is 0 Å². The van der Waals surface area contributed by atoms with Gasteiger partial charge in [-0.25, -0.2) is 4.68 Å². The molecule has 0 spiro atoms. The van der Waals surface area contributed by atoms with Crippen LogP contribution in [0.2, 0.25) is 10.0 Å². The Hall–Kier alpha value is -0.990. The molecule has 2 aromatic rings. The van der Waals surface area contributed by atoms with Gasteiger partial charge in [-0.1, -0.05) is 29.3 Å². The first-order valence-electron chi connectivity index (χ1n) is 4.57. The molecular formula is C11H10Cl2N2. The molecule has 0 saturated carbocycles. The quantitative estimate of drug-likeness (QED) is 0.742. The summed E-state index contributed by atoms with van der Waals surface area (Å²) >= 11 is 12.1. The highest BCUT2D eigenvalue weighted by molar-refractivity contribution is 6.43. The van der Waals surface area contributed by atoms with Crippen molar-refractivity contribution in [2.75, 3.05) is 0 Å². The van der Waals surface area contributed by atoms with Gasteiger partial charge in [-0.05, 0) is 31.5 Å². The molecule has 0 radical (unpaired) electrons. The molecule has 1 aromatic carbocycles. The first-order chi connectivity index (χ1) is 7.11. The van der Waals surface area contributed by atoms with E-state index in [1.165, 1.54) is 0 Å². The van der Waals surface area contributed by atoms with Crippen LogP contribution in [0.25, 0.3) is 5.69 Å². The van der Waals surface area contributed by atoms with Crippen LogP contribution in [-0.4, -0.2) is 9.78 Å². The molecule has 2 nitrogen and oxygen atoms in total. The topological polar surface area (TPSA) is 17.8 Å². The summed E-state index contributed by atoms with van der Waals surface area (Å²) in [4.78, 5) is 0. The largest absolute Gasteiger partial charge is 0.236 e. The van der Waals surface area contributed by atoms with E-state index in [9.17, 15) is 0 Å². The van der Waals surface area contributed by atoms with E-state index in [0.717, 1.165) is 16.9 Å². The van der Waals surface area contributed by atoms with Gasteiger partial charge in [0.05, 0.1) is 21.9 Å². The van der Waals surface area contributed by atoms with E-state index < -0.39 is 0 Å². The van der Waals surface area contributed by atoms with Crippen molar-refractivity contribution in [3.05, 3.63) is 45.7 Å². The number of aromatic nitrogens is 2. The minimum absolute atomic E-state index is 0.533. The number of hydrogen-bond acceptors (Lipinski definition) is 1.